The molecule has 0 spiro atoms. The minimum atomic E-state index is -0.481. The minimum Gasteiger partial charge on any atom is -0.343 e. The SMILES string of the molecule is CC(=O)C1CN(c2ccccn2)C(C)(C)O1. The number of hydrogen-bond donors (Lipinski definition) is 0. The molecule has 4 heteroatoms. The molecule has 1 aromatic heterocycles. The third-order valence-corrected chi connectivity index (χ3v) is 2.81. The van der Waals surface area contributed by atoms with Crippen molar-refractivity contribution in [3.63, 3.8) is 0 Å². The van der Waals surface area contributed by atoms with Crippen LogP contribution in [0.25, 0.3) is 0 Å². The van der Waals surface area contributed by atoms with Gasteiger partial charge in [-0.2, -0.15) is 0 Å². The highest BCUT2D eigenvalue weighted by Crippen LogP contribution is 2.30. The lowest BCUT2D eigenvalue weighted by Gasteiger charge is -2.30. The van der Waals surface area contributed by atoms with Crippen LogP contribution in [0.3, 0.4) is 0 Å². The van der Waals surface area contributed by atoms with Crippen molar-refractivity contribution < 1.29 is 9.53 Å². The summed E-state index contributed by atoms with van der Waals surface area (Å²) in [5.74, 6) is 0.905. The Kier molecular flexibility index (Phi) is 2.68. The van der Waals surface area contributed by atoms with Crippen LogP contribution < -0.4 is 4.90 Å². The zero-order valence-electron chi connectivity index (χ0n) is 9.80. The molecule has 1 saturated heterocycles. The highest BCUT2D eigenvalue weighted by Gasteiger charge is 2.41. The number of hydrogen-bond acceptors (Lipinski definition) is 4. The molecule has 1 aliphatic heterocycles. The number of ketones is 1. The molecule has 2 rings (SSSR count). The van der Waals surface area contributed by atoms with Crippen LogP contribution in [0.1, 0.15) is 20.8 Å². The van der Waals surface area contributed by atoms with Crippen molar-refractivity contribution in [2.75, 3.05) is 11.4 Å². The molecule has 0 aromatic carbocycles. The first-order chi connectivity index (χ1) is 7.50. The summed E-state index contributed by atoms with van der Waals surface area (Å²) in [6.45, 7) is 6.03. The predicted octanol–water partition coefficient (Wildman–Crippen LogP) is 1.61. The lowest BCUT2D eigenvalue weighted by Crippen LogP contribution is -2.39. The van der Waals surface area contributed by atoms with Crippen molar-refractivity contribution in [2.24, 2.45) is 0 Å². The van der Waals surface area contributed by atoms with Crippen molar-refractivity contribution >= 4 is 11.6 Å². The zero-order chi connectivity index (χ0) is 11.8. The van der Waals surface area contributed by atoms with Crippen LogP contribution in [0.5, 0.6) is 0 Å². The first-order valence-corrected chi connectivity index (χ1v) is 5.37. The molecule has 16 heavy (non-hydrogen) atoms. The average molecular weight is 220 g/mol. The van der Waals surface area contributed by atoms with Gasteiger partial charge in [0, 0.05) is 6.20 Å². The lowest BCUT2D eigenvalue weighted by molar-refractivity contribution is -0.130. The number of pyridine rings is 1. The summed E-state index contributed by atoms with van der Waals surface area (Å²) in [6, 6.07) is 5.73. The molecule has 1 unspecified atom stereocenters. The fourth-order valence-corrected chi connectivity index (χ4v) is 1.93. The topological polar surface area (TPSA) is 42.4 Å². The Bertz CT molecular complexity index is 389. The third-order valence-electron chi connectivity index (χ3n) is 2.81. The monoisotopic (exact) mass is 220 g/mol. The zero-order valence-corrected chi connectivity index (χ0v) is 9.80. The van der Waals surface area contributed by atoms with Gasteiger partial charge in [0.1, 0.15) is 17.6 Å². The molecule has 1 fully saturated rings. The van der Waals surface area contributed by atoms with Gasteiger partial charge in [-0.15, -0.1) is 0 Å². The summed E-state index contributed by atoms with van der Waals surface area (Å²) < 4.78 is 5.71. The Hall–Kier alpha value is -1.42. The number of carbonyl (C=O) groups excluding carboxylic acids is 1. The Morgan fingerprint density at radius 2 is 2.31 bits per heavy atom. The van der Waals surface area contributed by atoms with E-state index in [0.29, 0.717) is 6.54 Å². The minimum absolute atomic E-state index is 0.0616. The van der Waals surface area contributed by atoms with Gasteiger partial charge in [-0.1, -0.05) is 6.07 Å². The van der Waals surface area contributed by atoms with E-state index in [1.807, 2.05) is 36.9 Å². The van der Waals surface area contributed by atoms with Crippen LogP contribution >= 0.6 is 0 Å². The van der Waals surface area contributed by atoms with Crippen LogP contribution in [0.2, 0.25) is 0 Å². The van der Waals surface area contributed by atoms with E-state index in [1.54, 1.807) is 13.1 Å². The van der Waals surface area contributed by atoms with Crippen LogP contribution in [-0.4, -0.2) is 29.1 Å². The number of Topliss-reactive ketones (excluding diaryl/α,β-unsaturated/α-hetero) is 1. The van der Waals surface area contributed by atoms with Gasteiger partial charge in [-0.05, 0) is 32.9 Å². The number of anilines is 1. The normalized spacial score (nSPS) is 23.4. The van der Waals surface area contributed by atoms with E-state index in [-0.39, 0.29) is 11.9 Å². The van der Waals surface area contributed by atoms with Crippen LogP contribution in [0.4, 0.5) is 5.82 Å². The number of nitrogens with zero attached hydrogens (tertiary/aromatic N) is 2. The fraction of sp³-hybridized carbons (Fsp3) is 0.500. The van der Waals surface area contributed by atoms with E-state index in [1.165, 1.54) is 0 Å². The number of ether oxygens (including phenoxy) is 1. The van der Waals surface area contributed by atoms with Crippen LogP contribution in [0.15, 0.2) is 24.4 Å². The van der Waals surface area contributed by atoms with Gasteiger partial charge in [0.15, 0.2) is 5.78 Å². The summed E-state index contributed by atoms with van der Waals surface area (Å²) in [6.07, 6.45) is 1.39. The van der Waals surface area contributed by atoms with Gasteiger partial charge in [-0.3, -0.25) is 4.79 Å². The molecule has 2 heterocycles. The molecule has 0 saturated carbocycles. The molecule has 0 aliphatic carbocycles. The number of aromatic nitrogens is 1. The van der Waals surface area contributed by atoms with Crippen molar-refractivity contribution in [2.45, 2.75) is 32.6 Å². The van der Waals surface area contributed by atoms with Gasteiger partial charge in [0.05, 0.1) is 6.54 Å². The highest BCUT2D eigenvalue weighted by atomic mass is 16.5. The fourth-order valence-electron chi connectivity index (χ4n) is 1.93. The number of carbonyl (C=O) groups is 1. The van der Waals surface area contributed by atoms with E-state index < -0.39 is 5.72 Å². The standard InChI is InChI=1S/C12H16N2O2/c1-9(15)10-8-14(12(2,3)16-10)11-6-4-5-7-13-11/h4-7,10H,8H2,1-3H3. The van der Waals surface area contributed by atoms with Crippen molar-refractivity contribution in [1.82, 2.24) is 4.98 Å². The van der Waals surface area contributed by atoms with Crippen LogP contribution in [-0.2, 0) is 9.53 Å². The summed E-state index contributed by atoms with van der Waals surface area (Å²) in [4.78, 5) is 17.6. The molecule has 1 atom stereocenters. The van der Waals surface area contributed by atoms with E-state index >= 15 is 0 Å². The average Bonchev–Trinajstić information content (AvgIpc) is 2.56. The summed E-state index contributed by atoms with van der Waals surface area (Å²) >= 11 is 0. The van der Waals surface area contributed by atoms with E-state index in [2.05, 4.69) is 4.98 Å². The Balaban J connectivity index is 2.26. The molecule has 0 radical (unpaired) electrons. The first kappa shape index (κ1) is 11.1. The lowest BCUT2D eigenvalue weighted by atomic mass is 10.2. The van der Waals surface area contributed by atoms with Crippen molar-refractivity contribution in [1.29, 1.82) is 0 Å². The summed E-state index contributed by atoms with van der Waals surface area (Å²) in [5, 5.41) is 0. The third kappa shape index (κ3) is 1.93. The molecule has 0 amide bonds. The Morgan fingerprint density at radius 3 is 2.81 bits per heavy atom. The van der Waals surface area contributed by atoms with E-state index in [9.17, 15) is 4.79 Å². The second kappa shape index (κ2) is 3.87. The molecular formula is C12H16N2O2. The molecular weight excluding hydrogens is 204 g/mol. The second-order valence-corrected chi connectivity index (χ2v) is 4.46. The molecule has 86 valence electrons. The Morgan fingerprint density at radius 1 is 1.56 bits per heavy atom. The predicted molar refractivity (Wildman–Crippen MR) is 61.2 cm³/mol. The first-order valence-electron chi connectivity index (χ1n) is 5.37. The smallest absolute Gasteiger partial charge is 0.160 e. The second-order valence-electron chi connectivity index (χ2n) is 4.46. The van der Waals surface area contributed by atoms with Crippen molar-refractivity contribution in [3.05, 3.63) is 24.4 Å². The van der Waals surface area contributed by atoms with Gasteiger partial charge in [-0.25, -0.2) is 4.98 Å². The maximum absolute atomic E-state index is 11.3. The van der Waals surface area contributed by atoms with Crippen LogP contribution in [0, 0.1) is 0 Å². The maximum Gasteiger partial charge on any atom is 0.160 e. The summed E-state index contributed by atoms with van der Waals surface area (Å²) in [5.41, 5.74) is -0.481. The largest absolute Gasteiger partial charge is 0.343 e. The van der Waals surface area contributed by atoms with Gasteiger partial charge in [0.2, 0.25) is 0 Å². The molecule has 0 bridgehead atoms. The molecule has 4 nitrogen and oxygen atoms in total. The number of rotatable bonds is 2. The van der Waals surface area contributed by atoms with Gasteiger partial charge in [0.25, 0.3) is 0 Å². The van der Waals surface area contributed by atoms with E-state index in [4.69, 9.17) is 4.74 Å². The van der Waals surface area contributed by atoms with Gasteiger partial charge >= 0.3 is 0 Å². The summed E-state index contributed by atoms with van der Waals surface area (Å²) in [7, 11) is 0. The Labute approximate surface area is 95.2 Å². The molecule has 1 aromatic rings. The quantitative estimate of drug-likeness (QED) is 0.759. The molecule has 1 aliphatic rings. The highest BCUT2D eigenvalue weighted by molar-refractivity contribution is 5.81. The maximum atomic E-state index is 11.3. The van der Waals surface area contributed by atoms with E-state index in [0.717, 1.165) is 5.82 Å². The van der Waals surface area contributed by atoms with Crippen molar-refractivity contribution in [3.8, 4) is 0 Å². The molecule has 0 N–H and O–H groups in total. The van der Waals surface area contributed by atoms with Gasteiger partial charge < -0.3 is 9.64 Å².